The molecule has 220 valence electrons. The third-order valence-corrected chi connectivity index (χ3v) is 20.5. The lowest BCUT2D eigenvalue weighted by Gasteiger charge is -2.39. The van der Waals surface area contributed by atoms with Crippen LogP contribution in [0.5, 0.6) is 0 Å². The summed E-state index contributed by atoms with van der Waals surface area (Å²) in [4.78, 5) is 40.1. The van der Waals surface area contributed by atoms with Crippen molar-refractivity contribution < 1.29 is 35.6 Å². The molecule has 0 spiro atoms. The maximum absolute atomic E-state index is 10.5. The second kappa shape index (κ2) is 14.9. The van der Waals surface area contributed by atoms with Crippen LogP contribution in [0.25, 0.3) is 0 Å². The number of rotatable bonds is 10. The molecule has 2 aromatic carbocycles. The molecule has 0 saturated heterocycles. The summed E-state index contributed by atoms with van der Waals surface area (Å²) in [5, 5.41) is 1.77. The van der Waals surface area contributed by atoms with Crippen molar-refractivity contribution in [3.05, 3.63) is 60.7 Å². The van der Waals surface area contributed by atoms with E-state index in [9.17, 15) is 19.2 Å². The van der Waals surface area contributed by atoms with Crippen molar-refractivity contribution in [3.63, 3.8) is 0 Å². The molecule has 0 amide bonds. The standard InChI is InChI=1S/C16H24O4Si3.C6H20O4Si3.2CH4/c1-21(2,17)19-23(20-22(3,4)18,15-11-7-5-8-12-15)16-13-9-6-10-14-16;1-11(2,7)9-13(5,6)10-12(3,4)8;;/h5-14,17-18H,1-4H3;7-8H,1-6H3;2*1H4. The second-order valence-corrected chi connectivity index (χ2v) is 31.0. The highest BCUT2D eigenvalue weighted by atomic mass is 28.5. The Bertz CT molecular complexity index is 846. The molecule has 38 heavy (non-hydrogen) atoms. The van der Waals surface area contributed by atoms with Crippen LogP contribution >= 0.6 is 0 Å². The number of benzene rings is 2. The molecule has 0 fully saturated rings. The van der Waals surface area contributed by atoms with Crippen LogP contribution < -0.4 is 10.4 Å². The molecule has 14 heteroatoms. The Morgan fingerprint density at radius 1 is 0.421 bits per heavy atom. The van der Waals surface area contributed by atoms with E-state index in [0.717, 1.165) is 10.4 Å². The fourth-order valence-electron chi connectivity index (χ4n) is 3.67. The molecular weight excluding hydrogens is 585 g/mol. The fraction of sp³-hybridized carbons (Fsp3) is 0.500. The first kappa shape index (κ1) is 39.6. The van der Waals surface area contributed by atoms with Crippen molar-refractivity contribution >= 4 is 61.7 Å². The molecule has 0 bridgehead atoms. The van der Waals surface area contributed by atoms with E-state index in [1.165, 1.54) is 0 Å². The van der Waals surface area contributed by atoms with Crippen LogP contribution in [0.15, 0.2) is 60.7 Å². The van der Waals surface area contributed by atoms with Crippen LogP contribution in [-0.2, 0) is 16.5 Å². The zero-order valence-corrected chi connectivity index (χ0v) is 29.2. The van der Waals surface area contributed by atoms with Gasteiger partial charge in [-0.25, -0.2) is 0 Å². The van der Waals surface area contributed by atoms with E-state index in [2.05, 4.69) is 0 Å². The lowest BCUT2D eigenvalue weighted by molar-refractivity contribution is 0.293. The van der Waals surface area contributed by atoms with Gasteiger partial charge in [-0.15, -0.1) is 0 Å². The molecule has 0 aromatic heterocycles. The maximum Gasteiger partial charge on any atom is 0.389 e. The van der Waals surface area contributed by atoms with Gasteiger partial charge in [-0.2, -0.15) is 0 Å². The van der Waals surface area contributed by atoms with Crippen molar-refractivity contribution in [2.24, 2.45) is 0 Å². The molecule has 8 nitrogen and oxygen atoms in total. The summed E-state index contributed by atoms with van der Waals surface area (Å²) in [5.74, 6) is 0. The van der Waals surface area contributed by atoms with Gasteiger partial charge in [-0.1, -0.05) is 75.5 Å². The summed E-state index contributed by atoms with van der Waals surface area (Å²) < 4.78 is 23.5. The molecule has 0 aliphatic heterocycles. The predicted octanol–water partition coefficient (Wildman–Crippen LogP) is 4.05. The van der Waals surface area contributed by atoms with E-state index in [4.69, 9.17) is 16.5 Å². The number of hydrogen-bond acceptors (Lipinski definition) is 8. The Balaban J connectivity index is 0. The predicted molar refractivity (Wildman–Crippen MR) is 172 cm³/mol. The minimum atomic E-state index is -3.20. The minimum absolute atomic E-state index is 0. The van der Waals surface area contributed by atoms with Gasteiger partial charge in [0.15, 0.2) is 0 Å². The molecule has 2 aromatic rings. The molecule has 0 heterocycles. The van der Waals surface area contributed by atoms with Gasteiger partial charge in [-0.05, 0) is 75.8 Å². The first-order valence-corrected chi connectivity index (χ1v) is 27.9. The Morgan fingerprint density at radius 2 is 0.658 bits per heavy atom. The van der Waals surface area contributed by atoms with Gasteiger partial charge < -0.3 is 35.6 Å². The normalized spacial score (nSPS) is 13.0. The Morgan fingerprint density at radius 3 is 0.868 bits per heavy atom. The largest absolute Gasteiger partial charge is 0.416 e. The molecule has 0 atom stereocenters. The van der Waals surface area contributed by atoms with E-state index in [1.54, 1.807) is 52.4 Å². The zero-order valence-electron chi connectivity index (χ0n) is 23.2. The van der Waals surface area contributed by atoms with Gasteiger partial charge in [0.2, 0.25) is 0 Å². The Kier molecular flexibility index (Phi) is 15.5. The van der Waals surface area contributed by atoms with E-state index in [-0.39, 0.29) is 14.9 Å². The van der Waals surface area contributed by atoms with E-state index >= 15 is 0 Å². The molecule has 0 saturated carbocycles. The van der Waals surface area contributed by atoms with Gasteiger partial charge in [-0.3, -0.25) is 0 Å². The van der Waals surface area contributed by atoms with Gasteiger partial charge in [0.25, 0.3) is 0 Å². The van der Waals surface area contributed by atoms with Crippen molar-refractivity contribution in [1.29, 1.82) is 0 Å². The van der Waals surface area contributed by atoms with Crippen LogP contribution in [-0.4, -0.2) is 70.5 Å². The monoisotopic (exact) mass is 636 g/mol. The van der Waals surface area contributed by atoms with Crippen molar-refractivity contribution in [2.75, 3.05) is 0 Å². The van der Waals surface area contributed by atoms with E-state index < -0.39 is 51.4 Å². The lowest BCUT2D eigenvalue weighted by atomic mass is 10.4. The van der Waals surface area contributed by atoms with Crippen LogP contribution in [0.2, 0.25) is 65.5 Å². The summed E-state index contributed by atoms with van der Waals surface area (Å²) >= 11 is 0. The highest BCUT2D eigenvalue weighted by molar-refractivity contribution is 7.00. The van der Waals surface area contributed by atoms with Gasteiger partial charge in [0.1, 0.15) is 0 Å². The Labute approximate surface area is 237 Å². The summed E-state index contributed by atoms with van der Waals surface area (Å²) in [6.45, 7) is 17.3. The third kappa shape index (κ3) is 15.9. The van der Waals surface area contributed by atoms with Gasteiger partial charge in [0.05, 0.1) is 0 Å². The molecule has 0 aliphatic carbocycles. The molecular formula is C24H52O8Si6. The maximum atomic E-state index is 10.5. The topological polar surface area (TPSA) is 118 Å². The summed E-state index contributed by atoms with van der Waals surface area (Å²) in [6, 6.07) is 19.3. The minimum Gasteiger partial charge on any atom is -0.416 e. The zero-order chi connectivity index (χ0) is 28.1. The molecule has 0 aliphatic rings. The van der Waals surface area contributed by atoms with E-state index in [1.807, 2.05) is 73.8 Å². The quantitative estimate of drug-likeness (QED) is 0.289. The van der Waals surface area contributed by atoms with E-state index in [0.29, 0.717) is 0 Å². The average Bonchev–Trinajstić information content (AvgIpc) is 2.63. The van der Waals surface area contributed by atoms with Crippen LogP contribution in [0.4, 0.5) is 0 Å². The van der Waals surface area contributed by atoms with Crippen LogP contribution in [0.3, 0.4) is 0 Å². The second-order valence-electron chi connectivity index (χ2n) is 10.9. The third-order valence-electron chi connectivity index (χ3n) is 4.09. The van der Waals surface area contributed by atoms with Crippen LogP contribution in [0.1, 0.15) is 14.9 Å². The first-order valence-electron chi connectivity index (χ1n) is 11.8. The van der Waals surface area contributed by atoms with Gasteiger partial charge in [0, 0.05) is 0 Å². The molecule has 0 radical (unpaired) electrons. The van der Waals surface area contributed by atoms with Crippen molar-refractivity contribution in [1.82, 2.24) is 0 Å². The first-order chi connectivity index (χ1) is 16.0. The summed E-state index contributed by atoms with van der Waals surface area (Å²) in [6.07, 6.45) is 0. The number of hydrogen-bond donors (Lipinski definition) is 4. The SMILES string of the molecule is C.C.C[Si](C)(O)O[Si](C)(C)O[Si](C)(C)O.C[Si](C)(O)O[Si](O[Si](C)(C)O)(c1ccccc1)c1ccccc1. The molecule has 4 N–H and O–H groups in total. The Hall–Kier alpha value is -0.579. The smallest absolute Gasteiger partial charge is 0.389 e. The average molecular weight is 637 g/mol. The fourth-order valence-corrected chi connectivity index (χ4v) is 23.5. The van der Waals surface area contributed by atoms with Crippen LogP contribution in [0, 0.1) is 0 Å². The van der Waals surface area contributed by atoms with Crippen molar-refractivity contribution in [2.45, 2.75) is 80.3 Å². The summed E-state index contributed by atoms with van der Waals surface area (Å²) in [5.41, 5.74) is 0. The molecule has 2 rings (SSSR count). The highest BCUT2D eigenvalue weighted by Gasteiger charge is 2.50. The molecule has 0 unspecified atom stereocenters. The summed E-state index contributed by atoms with van der Waals surface area (Å²) in [7, 11) is -16.5. The van der Waals surface area contributed by atoms with Crippen molar-refractivity contribution in [3.8, 4) is 0 Å². The van der Waals surface area contributed by atoms with Gasteiger partial charge >= 0.3 is 51.4 Å². The lowest BCUT2D eigenvalue weighted by Crippen LogP contribution is -2.70. The highest BCUT2D eigenvalue weighted by Crippen LogP contribution is 2.20.